The maximum atomic E-state index is 11.2. The quantitative estimate of drug-likeness (QED) is 0.271. The Labute approximate surface area is 104 Å². The second-order valence-corrected chi connectivity index (χ2v) is 3.75. The number of carbonyl (C=O) groups excluding carboxylic acids is 1. The van der Waals surface area contributed by atoms with Crippen molar-refractivity contribution >= 4 is 18.3 Å². The van der Waals surface area contributed by atoms with Crippen LogP contribution >= 0.6 is 0 Å². The van der Waals surface area contributed by atoms with Crippen molar-refractivity contribution in [3.63, 3.8) is 0 Å². The van der Waals surface area contributed by atoms with Crippen LogP contribution in [0.4, 0.5) is 5.82 Å². The van der Waals surface area contributed by atoms with E-state index in [1.54, 1.807) is 30.3 Å². The van der Waals surface area contributed by atoms with E-state index in [9.17, 15) is 10.0 Å². The van der Waals surface area contributed by atoms with Gasteiger partial charge in [-0.15, -0.1) is 0 Å². The molecule has 0 aliphatic carbocycles. The number of hydrogen-bond acceptors (Lipinski definition) is 4. The Balaban J connectivity index is 2.39. The van der Waals surface area contributed by atoms with E-state index >= 15 is 0 Å². The number of rotatable bonds is 3. The smallest absolute Gasteiger partial charge is 0.325 e. The number of Topliss-reactive ketones (excluding diaryl/α,β-unsaturated/α-hetero) is 1. The van der Waals surface area contributed by atoms with Gasteiger partial charge in [0, 0.05) is 18.6 Å². The summed E-state index contributed by atoms with van der Waals surface area (Å²) in [5.41, 5.74) is 1.78. The first-order valence-electron chi connectivity index (χ1n) is 5.30. The molecule has 0 amide bonds. The lowest BCUT2D eigenvalue weighted by molar-refractivity contribution is -0.354. The van der Waals surface area contributed by atoms with Crippen LogP contribution in [-0.2, 0) is 0 Å². The molecular weight excluding hydrogens is 230 g/mol. The third-order valence-electron chi connectivity index (χ3n) is 2.41. The Kier molecular flexibility index (Phi) is 3.14. The predicted octanol–water partition coefficient (Wildman–Crippen LogP) is 2.19. The summed E-state index contributed by atoms with van der Waals surface area (Å²) in [4.78, 5) is 19.4. The molecule has 0 aliphatic rings. The highest BCUT2D eigenvalue weighted by atomic mass is 16.5. The van der Waals surface area contributed by atoms with Crippen LogP contribution in [-0.4, -0.2) is 27.2 Å². The van der Waals surface area contributed by atoms with E-state index in [2.05, 4.69) is 16.7 Å². The Hall–Kier alpha value is -2.56. The molecule has 2 rings (SSSR count). The van der Waals surface area contributed by atoms with Gasteiger partial charge in [0.1, 0.15) is 11.9 Å². The van der Waals surface area contributed by atoms with Crippen molar-refractivity contribution in [2.45, 2.75) is 6.92 Å². The van der Waals surface area contributed by atoms with Crippen molar-refractivity contribution in [2.24, 2.45) is 0 Å². The molecule has 0 atom stereocenters. The Bertz CT molecular complexity index is 606. The number of aromatic nitrogens is 2. The largest absolute Gasteiger partial charge is 0.711 e. The van der Waals surface area contributed by atoms with Gasteiger partial charge in [0.25, 0.3) is 0 Å². The highest BCUT2D eigenvalue weighted by Gasteiger charge is 2.08. The molecule has 0 N–H and O–H groups in total. The molecule has 0 radical (unpaired) electrons. The summed E-state index contributed by atoms with van der Waals surface area (Å²) >= 11 is 0. The van der Waals surface area contributed by atoms with Crippen LogP contribution in [0.1, 0.15) is 17.4 Å². The molecule has 5 nitrogen and oxygen atoms in total. The van der Waals surface area contributed by atoms with Crippen molar-refractivity contribution in [1.82, 2.24) is 9.97 Å². The summed E-state index contributed by atoms with van der Waals surface area (Å²) in [6.07, 6.45) is 1.53. The maximum Gasteiger partial charge on any atom is 0.325 e. The molecule has 0 saturated heterocycles. The lowest BCUT2D eigenvalue weighted by Crippen LogP contribution is -1.98. The summed E-state index contributed by atoms with van der Waals surface area (Å²) in [5, 5.41) is 10.9. The number of pyridine rings is 2. The Morgan fingerprint density at radius 2 is 2.11 bits per heavy atom. The summed E-state index contributed by atoms with van der Waals surface area (Å²) in [7, 11) is 0. The number of carbonyl (C=O) groups is 1. The minimum absolute atomic E-state index is 0.0927. The lowest BCUT2D eigenvalue weighted by atomic mass is 10.1. The van der Waals surface area contributed by atoms with Crippen molar-refractivity contribution < 1.29 is 9.53 Å². The minimum atomic E-state index is -0.0927. The fourth-order valence-electron chi connectivity index (χ4n) is 1.48. The highest BCUT2D eigenvalue weighted by Crippen LogP contribution is 2.18. The molecule has 0 aromatic carbocycles. The molecule has 0 spiro atoms. The Morgan fingerprint density at radius 3 is 2.67 bits per heavy atom. The van der Waals surface area contributed by atoms with Crippen LogP contribution in [0.3, 0.4) is 0 Å². The van der Waals surface area contributed by atoms with Gasteiger partial charge in [0.05, 0.1) is 12.4 Å². The lowest BCUT2D eigenvalue weighted by Gasteiger charge is -2.03. The zero-order valence-corrected chi connectivity index (χ0v) is 9.83. The second kappa shape index (κ2) is 4.75. The van der Waals surface area contributed by atoms with Gasteiger partial charge in [0.2, 0.25) is 0 Å². The van der Waals surface area contributed by atoms with E-state index < -0.39 is 0 Å². The van der Waals surface area contributed by atoms with Crippen molar-refractivity contribution in [3.05, 3.63) is 47.4 Å². The summed E-state index contributed by atoms with van der Waals surface area (Å²) in [5.74, 6) is 0.131. The fourth-order valence-corrected chi connectivity index (χ4v) is 1.48. The molecule has 0 saturated carbocycles. The van der Waals surface area contributed by atoms with E-state index in [1.807, 2.05) is 0 Å². The molecule has 0 aliphatic heterocycles. The average molecular weight is 241 g/mol. The molecule has 18 heavy (non-hydrogen) atoms. The molecule has 2 heterocycles. The summed E-state index contributed by atoms with van der Waals surface area (Å²) < 4.78 is 0.434. The van der Waals surface area contributed by atoms with Gasteiger partial charge in [-0.3, -0.25) is 4.79 Å². The SMILES string of the molecule is C=[N+]([O-])c1ccc(-c2cccc(C(C)=O)n2)cn1. The highest BCUT2D eigenvalue weighted by molar-refractivity contribution is 5.92. The molecule has 0 unspecified atom stereocenters. The summed E-state index contributed by atoms with van der Waals surface area (Å²) in [6.45, 7) is 4.67. The molecule has 90 valence electrons. The van der Waals surface area contributed by atoms with Gasteiger partial charge in [0.15, 0.2) is 5.78 Å². The van der Waals surface area contributed by atoms with Crippen LogP contribution in [0.15, 0.2) is 36.5 Å². The van der Waals surface area contributed by atoms with Gasteiger partial charge in [-0.25, -0.2) is 9.72 Å². The Morgan fingerprint density at radius 1 is 1.33 bits per heavy atom. The standard InChI is InChI=1S/C13H11N3O2/c1-9(17)11-4-3-5-12(15-11)10-6-7-13(14-8-10)16(2)18/h3-8H,2H2,1H3. The number of ketones is 1. The first-order valence-corrected chi connectivity index (χ1v) is 5.30. The molecule has 0 fully saturated rings. The minimum Gasteiger partial charge on any atom is -0.711 e. The monoisotopic (exact) mass is 241 g/mol. The van der Waals surface area contributed by atoms with E-state index in [1.165, 1.54) is 13.1 Å². The van der Waals surface area contributed by atoms with Crippen molar-refractivity contribution in [3.8, 4) is 11.3 Å². The number of hydrogen-bond donors (Lipinski definition) is 0. The third-order valence-corrected chi connectivity index (χ3v) is 2.41. The molecule has 0 bridgehead atoms. The zero-order chi connectivity index (χ0) is 13.1. The van der Waals surface area contributed by atoms with Gasteiger partial charge in [-0.05, 0) is 23.2 Å². The predicted molar refractivity (Wildman–Crippen MR) is 67.9 cm³/mol. The van der Waals surface area contributed by atoms with Crippen LogP contribution in [0.2, 0.25) is 0 Å². The van der Waals surface area contributed by atoms with Crippen LogP contribution < -0.4 is 0 Å². The van der Waals surface area contributed by atoms with E-state index in [4.69, 9.17) is 0 Å². The zero-order valence-electron chi connectivity index (χ0n) is 9.83. The van der Waals surface area contributed by atoms with Crippen LogP contribution in [0.25, 0.3) is 11.3 Å². The second-order valence-electron chi connectivity index (χ2n) is 3.75. The van der Waals surface area contributed by atoms with Crippen LogP contribution in [0.5, 0.6) is 0 Å². The van der Waals surface area contributed by atoms with Gasteiger partial charge < -0.3 is 5.21 Å². The van der Waals surface area contributed by atoms with E-state index in [0.717, 1.165) is 5.56 Å². The molecule has 5 heteroatoms. The van der Waals surface area contributed by atoms with Crippen molar-refractivity contribution in [1.29, 1.82) is 0 Å². The van der Waals surface area contributed by atoms with E-state index in [-0.39, 0.29) is 11.6 Å². The third kappa shape index (κ3) is 2.40. The first kappa shape index (κ1) is 11.9. The van der Waals surface area contributed by atoms with Crippen molar-refractivity contribution in [2.75, 3.05) is 0 Å². The van der Waals surface area contributed by atoms with Gasteiger partial charge in [-0.1, -0.05) is 6.07 Å². The molecular formula is C13H11N3O2. The maximum absolute atomic E-state index is 11.2. The molecule has 2 aromatic rings. The summed E-state index contributed by atoms with van der Waals surface area (Å²) in [6, 6.07) is 8.46. The van der Waals surface area contributed by atoms with E-state index in [0.29, 0.717) is 16.1 Å². The number of nitrogens with zero attached hydrogens (tertiary/aromatic N) is 3. The van der Waals surface area contributed by atoms with Crippen LogP contribution in [0, 0.1) is 5.21 Å². The van der Waals surface area contributed by atoms with Gasteiger partial charge in [-0.2, -0.15) is 0 Å². The topological polar surface area (TPSA) is 68.9 Å². The fraction of sp³-hybridized carbons (Fsp3) is 0.0769. The average Bonchev–Trinajstić information content (AvgIpc) is 2.39. The van der Waals surface area contributed by atoms with Gasteiger partial charge >= 0.3 is 5.82 Å². The normalized spacial score (nSPS) is 10.1. The molecule has 2 aromatic heterocycles. The first-order chi connectivity index (χ1) is 8.58.